The van der Waals surface area contributed by atoms with Crippen LogP contribution >= 0.6 is 0 Å². The van der Waals surface area contributed by atoms with Gasteiger partial charge in [0.25, 0.3) is 0 Å². The van der Waals surface area contributed by atoms with E-state index in [1.807, 2.05) is 17.0 Å². The smallest absolute Gasteiger partial charge is 0.152 e. The molecule has 0 aliphatic carbocycles. The van der Waals surface area contributed by atoms with Gasteiger partial charge in [0.15, 0.2) is 15.7 Å². The van der Waals surface area contributed by atoms with Crippen LogP contribution in [0.15, 0.2) is 12.1 Å². The zero-order chi connectivity index (χ0) is 15.5. The summed E-state index contributed by atoms with van der Waals surface area (Å²) in [5.74, 6) is 1.22. The van der Waals surface area contributed by atoms with E-state index in [4.69, 9.17) is 0 Å². The molecule has 6 nitrogen and oxygen atoms in total. The summed E-state index contributed by atoms with van der Waals surface area (Å²) in [6.45, 7) is 8.20. The van der Waals surface area contributed by atoms with E-state index in [9.17, 15) is 8.42 Å². The fraction of sp³-hybridized carbons (Fsp3) is 0.714. The fourth-order valence-corrected chi connectivity index (χ4v) is 3.41. The van der Waals surface area contributed by atoms with Crippen LogP contribution in [0, 0.1) is 0 Å². The van der Waals surface area contributed by atoms with Crippen molar-refractivity contribution in [1.29, 1.82) is 0 Å². The number of anilines is 1. The molecule has 21 heavy (non-hydrogen) atoms. The molecule has 0 bridgehead atoms. The molecule has 0 atom stereocenters. The maximum Gasteiger partial charge on any atom is 0.152 e. The van der Waals surface area contributed by atoms with E-state index in [0.717, 1.165) is 11.5 Å². The van der Waals surface area contributed by atoms with Crippen LogP contribution in [0.25, 0.3) is 0 Å². The summed E-state index contributed by atoms with van der Waals surface area (Å²) in [7, 11) is -2.89. The van der Waals surface area contributed by atoms with Gasteiger partial charge in [-0.3, -0.25) is 0 Å². The zero-order valence-electron chi connectivity index (χ0n) is 13.0. The first-order valence-corrected chi connectivity index (χ1v) is 9.10. The Morgan fingerprint density at radius 1 is 1.19 bits per heavy atom. The molecule has 1 aromatic rings. The molecule has 7 heteroatoms. The highest BCUT2D eigenvalue weighted by Crippen LogP contribution is 2.14. The molecule has 1 aromatic heterocycles. The highest BCUT2D eigenvalue weighted by molar-refractivity contribution is 7.91. The first-order chi connectivity index (χ1) is 9.75. The highest BCUT2D eigenvalue weighted by atomic mass is 32.2. The van der Waals surface area contributed by atoms with Gasteiger partial charge in [-0.25, -0.2) is 8.42 Å². The Morgan fingerprint density at radius 2 is 1.95 bits per heavy atom. The van der Waals surface area contributed by atoms with Gasteiger partial charge < -0.3 is 10.2 Å². The van der Waals surface area contributed by atoms with E-state index in [1.54, 1.807) is 0 Å². The first kappa shape index (κ1) is 16.2. The van der Waals surface area contributed by atoms with Crippen LogP contribution in [-0.4, -0.2) is 48.7 Å². The molecule has 0 spiro atoms. The van der Waals surface area contributed by atoms with Gasteiger partial charge in [0.2, 0.25) is 0 Å². The molecule has 0 aromatic carbocycles. The van der Waals surface area contributed by atoms with Crippen molar-refractivity contribution >= 4 is 15.7 Å². The molecule has 1 aliphatic heterocycles. The van der Waals surface area contributed by atoms with Crippen LogP contribution in [-0.2, 0) is 16.4 Å². The molecule has 0 amide bonds. The standard InChI is InChI=1S/C14H24N4O2S/c1-14(2,3)15-11-12-5-6-13(17-16-12)18-7-4-9-21(19,20)10-8-18/h5-6,15H,4,7-11H2,1-3H3. The molecule has 1 fully saturated rings. The van der Waals surface area contributed by atoms with E-state index in [-0.39, 0.29) is 17.0 Å². The third kappa shape index (κ3) is 5.24. The van der Waals surface area contributed by atoms with E-state index in [0.29, 0.717) is 26.1 Å². The minimum absolute atomic E-state index is 0.0412. The van der Waals surface area contributed by atoms with Gasteiger partial charge in [-0.1, -0.05) is 0 Å². The Bertz CT molecular complexity index is 564. The zero-order valence-corrected chi connectivity index (χ0v) is 13.8. The number of aromatic nitrogens is 2. The van der Waals surface area contributed by atoms with Crippen LogP contribution < -0.4 is 10.2 Å². The lowest BCUT2D eigenvalue weighted by Crippen LogP contribution is -2.35. The molecule has 0 radical (unpaired) electrons. The largest absolute Gasteiger partial charge is 0.354 e. The molecule has 0 saturated carbocycles. The summed E-state index contributed by atoms with van der Waals surface area (Å²) in [5, 5.41) is 11.8. The fourth-order valence-electron chi connectivity index (χ4n) is 2.14. The van der Waals surface area contributed by atoms with Crippen molar-refractivity contribution < 1.29 is 8.42 Å². The SMILES string of the molecule is CC(C)(C)NCc1ccc(N2CCCS(=O)(=O)CC2)nn1. The van der Waals surface area contributed by atoms with E-state index in [2.05, 4.69) is 36.3 Å². The average Bonchev–Trinajstić information content (AvgIpc) is 2.57. The van der Waals surface area contributed by atoms with Gasteiger partial charge >= 0.3 is 0 Å². The Labute approximate surface area is 126 Å². The van der Waals surface area contributed by atoms with E-state index in [1.165, 1.54) is 0 Å². The second kappa shape index (κ2) is 6.27. The third-order valence-electron chi connectivity index (χ3n) is 3.39. The Hall–Kier alpha value is -1.21. The molecule has 0 unspecified atom stereocenters. The van der Waals surface area contributed by atoms with Gasteiger partial charge in [-0.2, -0.15) is 5.10 Å². The predicted octanol–water partition coefficient (Wildman–Crippen LogP) is 0.990. The van der Waals surface area contributed by atoms with Crippen molar-refractivity contribution in [2.45, 2.75) is 39.3 Å². The molecule has 2 heterocycles. The molecule has 1 aliphatic rings. The van der Waals surface area contributed by atoms with Crippen molar-refractivity contribution in [2.24, 2.45) is 0 Å². The summed E-state index contributed by atoms with van der Waals surface area (Å²) in [4.78, 5) is 2.00. The Morgan fingerprint density at radius 3 is 2.57 bits per heavy atom. The summed E-state index contributed by atoms with van der Waals surface area (Å²) in [6, 6.07) is 3.87. The Balaban J connectivity index is 1.98. The van der Waals surface area contributed by atoms with Crippen LogP contribution in [0.2, 0.25) is 0 Å². The minimum atomic E-state index is -2.89. The average molecular weight is 312 g/mol. The van der Waals surface area contributed by atoms with Gasteiger partial charge in [-0.05, 0) is 39.3 Å². The topological polar surface area (TPSA) is 75.2 Å². The highest BCUT2D eigenvalue weighted by Gasteiger charge is 2.20. The van der Waals surface area contributed by atoms with Gasteiger partial charge in [0, 0.05) is 25.2 Å². The number of sulfone groups is 1. The molecule has 118 valence electrons. The summed E-state index contributed by atoms with van der Waals surface area (Å²) < 4.78 is 23.2. The van der Waals surface area contributed by atoms with Crippen molar-refractivity contribution in [3.8, 4) is 0 Å². The number of hydrogen-bond donors (Lipinski definition) is 1. The summed E-state index contributed by atoms with van der Waals surface area (Å²) in [6.07, 6.45) is 0.650. The number of nitrogens with zero attached hydrogens (tertiary/aromatic N) is 3. The van der Waals surface area contributed by atoms with E-state index >= 15 is 0 Å². The van der Waals surface area contributed by atoms with Crippen molar-refractivity contribution in [3.63, 3.8) is 0 Å². The number of hydrogen-bond acceptors (Lipinski definition) is 6. The Kier molecular flexibility index (Phi) is 4.83. The van der Waals surface area contributed by atoms with Crippen molar-refractivity contribution in [1.82, 2.24) is 15.5 Å². The second-order valence-corrected chi connectivity index (χ2v) is 8.78. The lowest BCUT2D eigenvalue weighted by atomic mass is 10.1. The summed E-state index contributed by atoms with van der Waals surface area (Å²) >= 11 is 0. The first-order valence-electron chi connectivity index (χ1n) is 7.28. The van der Waals surface area contributed by atoms with E-state index < -0.39 is 9.84 Å². The lowest BCUT2D eigenvalue weighted by molar-refractivity contribution is 0.420. The molecule has 1 saturated heterocycles. The van der Waals surface area contributed by atoms with Crippen molar-refractivity contribution in [2.75, 3.05) is 29.5 Å². The lowest BCUT2D eigenvalue weighted by Gasteiger charge is -2.21. The monoisotopic (exact) mass is 312 g/mol. The van der Waals surface area contributed by atoms with Crippen molar-refractivity contribution in [3.05, 3.63) is 17.8 Å². The quantitative estimate of drug-likeness (QED) is 0.897. The van der Waals surface area contributed by atoms with Crippen LogP contribution in [0.5, 0.6) is 0 Å². The number of nitrogens with one attached hydrogen (secondary N) is 1. The molecule has 2 rings (SSSR count). The predicted molar refractivity (Wildman–Crippen MR) is 84.1 cm³/mol. The van der Waals surface area contributed by atoms with Crippen LogP contribution in [0.4, 0.5) is 5.82 Å². The number of rotatable bonds is 3. The second-order valence-electron chi connectivity index (χ2n) is 6.48. The third-order valence-corrected chi connectivity index (χ3v) is 5.10. The van der Waals surface area contributed by atoms with Crippen LogP contribution in [0.1, 0.15) is 32.9 Å². The molecule has 1 N–H and O–H groups in total. The van der Waals surface area contributed by atoms with Gasteiger partial charge in [0.1, 0.15) is 0 Å². The molecular formula is C14H24N4O2S. The minimum Gasteiger partial charge on any atom is -0.354 e. The van der Waals surface area contributed by atoms with Gasteiger partial charge in [-0.15, -0.1) is 5.10 Å². The van der Waals surface area contributed by atoms with Gasteiger partial charge in [0.05, 0.1) is 17.2 Å². The normalized spacial score (nSPS) is 19.3. The maximum absolute atomic E-state index is 11.6. The maximum atomic E-state index is 11.6. The molecular weight excluding hydrogens is 288 g/mol. The summed E-state index contributed by atoms with van der Waals surface area (Å²) in [5.41, 5.74) is 0.926. The van der Waals surface area contributed by atoms with Crippen LogP contribution in [0.3, 0.4) is 0 Å².